The molecule has 1 fully saturated rings. The van der Waals surface area contributed by atoms with Crippen molar-refractivity contribution >= 4 is 0 Å². The molecule has 0 atom stereocenters. The maximum absolute atomic E-state index is 2.49. The van der Waals surface area contributed by atoms with Crippen LogP contribution in [0.5, 0.6) is 0 Å². The van der Waals surface area contributed by atoms with Gasteiger partial charge in [0.1, 0.15) is 0 Å². The van der Waals surface area contributed by atoms with Gasteiger partial charge in [-0.1, -0.05) is 20.8 Å². The Bertz CT molecular complexity index is 202. The molecule has 0 spiro atoms. The summed E-state index contributed by atoms with van der Waals surface area (Å²) in [6.07, 6.45) is 5.20. The Labute approximate surface area is 75.4 Å². The van der Waals surface area contributed by atoms with E-state index in [9.17, 15) is 0 Å². The van der Waals surface area contributed by atoms with E-state index in [2.05, 4.69) is 31.9 Å². The number of nitrogens with zero attached hydrogens (tertiary/aromatic N) is 1. The van der Waals surface area contributed by atoms with Gasteiger partial charge in [0.15, 0.2) is 0 Å². The maximum atomic E-state index is 2.49. The van der Waals surface area contributed by atoms with Crippen LogP contribution in [-0.2, 0) is 0 Å². The van der Waals surface area contributed by atoms with Gasteiger partial charge in [0.05, 0.1) is 0 Å². The van der Waals surface area contributed by atoms with Crippen LogP contribution in [0.3, 0.4) is 0 Å². The highest BCUT2D eigenvalue weighted by molar-refractivity contribution is 5.19. The summed E-state index contributed by atoms with van der Waals surface area (Å²) >= 11 is 0. The maximum Gasteiger partial charge on any atom is 0.0178 e. The molecule has 1 saturated heterocycles. The minimum atomic E-state index is 0.393. The van der Waals surface area contributed by atoms with Gasteiger partial charge in [-0.25, -0.2) is 0 Å². The lowest BCUT2D eigenvalue weighted by Gasteiger charge is -2.43. The van der Waals surface area contributed by atoms with E-state index in [0.717, 1.165) is 5.92 Å². The quantitative estimate of drug-likeness (QED) is 0.533. The fourth-order valence-electron chi connectivity index (χ4n) is 2.45. The molecular weight excluding hydrogens is 146 g/mol. The van der Waals surface area contributed by atoms with Gasteiger partial charge in [-0.05, 0) is 35.9 Å². The van der Waals surface area contributed by atoms with Gasteiger partial charge in [0.25, 0.3) is 0 Å². The van der Waals surface area contributed by atoms with Gasteiger partial charge in [0, 0.05) is 13.1 Å². The minimum absolute atomic E-state index is 0.393. The van der Waals surface area contributed by atoms with Gasteiger partial charge < -0.3 is 4.90 Å². The zero-order chi connectivity index (χ0) is 8.77. The molecule has 0 aromatic carbocycles. The number of rotatable bonds is 0. The van der Waals surface area contributed by atoms with Crippen molar-refractivity contribution in [2.75, 3.05) is 13.1 Å². The van der Waals surface area contributed by atoms with Crippen LogP contribution in [0, 0.1) is 11.3 Å². The first-order valence-electron chi connectivity index (χ1n) is 5.03. The highest BCUT2D eigenvalue weighted by Gasteiger charge is 2.32. The van der Waals surface area contributed by atoms with Crippen molar-refractivity contribution in [3.05, 3.63) is 11.8 Å². The molecule has 0 aromatic heterocycles. The summed E-state index contributed by atoms with van der Waals surface area (Å²) in [6, 6.07) is 0. The van der Waals surface area contributed by atoms with E-state index in [1.807, 2.05) is 0 Å². The molecule has 0 N–H and O–H groups in total. The van der Waals surface area contributed by atoms with Crippen LogP contribution in [-0.4, -0.2) is 18.0 Å². The largest absolute Gasteiger partial charge is 0.377 e. The lowest BCUT2D eigenvalue weighted by Crippen LogP contribution is -2.39. The predicted octanol–water partition coefficient (Wildman–Crippen LogP) is 2.64. The summed E-state index contributed by atoms with van der Waals surface area (Å²) in [4.78, 5) is 2.49. The molecule has 0 unspecified atom stereocenters. The van der Waals surface area contributed by atoms with Gasteiger partial charge in [-0.15, -0.1) is 0 Å². The number of hydrogen-bond acceptors (Lipinski definition) is 1. The molecule has 2 bridgehead atoms. The molecule has 0 radical (unpaired) electrons. The van der Waals surface area contributed by atoms with Crippen molar-refractivity contribution in [1.82, 2.24) is 4.90 Å². The lowest BCUT2D eigenvalue weighted by atomic mass is 9.73. The lowest BCUT2D eigenvalue weighted by molar-refractivity contribution is 0.202. The third-order valence-corrected chi connectivity index (χ3v) is 3.16. The number of allylic oxidation sites excluding steroid dienone is 1. The van der Waals surface area contributed by atoms with Crippen molar-refractivity contribution in [2.24, 2.45) is 11.3 Å². The summed E-state index contributed by atoms with van der Waals surface area (Å²) < 4.78 is 0. The van der Waals surface area contributed by atoms with Crippen molar-refractivity contribution in [2.45, 2.75) is 33.6 Å². The Balaban J connectivity index is 2.26. The second-order valence-corrected chi connectivity index (χ2v) is 5.14. The van der Waals surface area contributed by atoms with E-state index >= 15 is 0 Å². The Hall–Kier alpha value is -0.460. The smallest absolute Gasteiger partial charge is 0.0178 e. The molecule has 12 heavy (non-hydrogen) atoms. The van der Waals surface area contributed by atoms with E-state index in [0.29, 0.717) is 5.41 Å². The molecular formula is C11H19N. The Morgan fingerprint density at radius 1 is 1.25 bits per heavy atom. The summed E-state index contributed by atoms with van der Waals surface area (Å²) in [5, 5.41) is 0. The summed E-state index contributed by atoms with van der Waals surface area (Å²) in [5.41, 5.74) is 2.07. The highest BCUT2D eigenvalue weighted by atomic mass is 15.1. The second kappa shape index (κ2) is 2.51. The standard InChI is InChI=1S/C11H19N/c1-11(2,3)10-8-12-6-4-9(10)5-7-12/h8-9H,4-7H2,1-3H3. The summed E-state index contributed by atoms with van der Waals surface area (Å²) in [6.45, 7) is 9.59. The van der Waals surface area contributed by atoms with E-state index in [1.165, 1.54) is 25.9 Å². The molecule has 0 aromatic rings. The Morgan fingerprint density at radius 2 is 1.83 bits per heavy atom. The molecule has 1 heteroatoms. The fourth-order valence-corrected chi connectivity index (χ4v) is 2.45. The molecule has 3 aliphatic heterocycles. The first kappa shape index (κ1) is 8.15. The zero-order valence-electron chi connectivity index (χ0n) is 8.43. The average molecular weight is 165 g/mol. The average Bonchev–Trinajstić information content (AvgIpc) is 2.05. The molecule has 0 amide bonds. The molecule has 0 aliphatic carbocycles. The second-order valence-electron chi connectivity index (χ2n) is 5.14. The molecule has 3 rings (SSSR count). The third-order valence-electron chi connectivity index (χ3n) is 3.16. The predicted molar refractivity (Wildman–Crippen MR) is 51.8 cm³/mol. The van der Waals surface area contributed by atoms with Crippen LogP contribution < -0.4 is 0 Å². The van der Waals surface area contributed by atoms with Crippen molar-refractivity contribution < 1.29 is 0 Å². The van der Waals surface area contributed by atoms with Crippen LogP contribution in [0.25, 0.3) is 0 Å². The van der Waals surface area contributed by atoms with Crippen molar-refractivity contribution in [1.29, 1.82) is 0 Å². The third kappa shape index (κ3) is 1.26. The molecule has 3 aliphatic rings. The molecule has 3 heterocycles. The van der Waals surface area contributed by atoms with Gasteiger partial charge in [-0.3, -0.25) is 0 Å². The number of piperidine rings is 1. The van der Waals surface area contributed by atoms with Gasteiger partial charge in [-0.2, -0.15) is 0 Å². The Kier molecular flexibility index (Phi) is 1.71. The number of fused-ring (bicyclic) bond motifs is 2. The van der Waals surface area contributed by atoms with Crippen molar-refractivity contribution in [3.63, 3.8) is 0 Å². The van der Waals surface area contributed by atoms with E-state index < -0.39 is 0 Å². The SMILES string of the molecule is CC(C)(C)C1=CN2CCC1CC2. The highest BCUT2D eigenvalue weighted by Crippen LogP contribution is 2.40. The fraction of sp³-hybridized carbons (Fsp3) is 0.818. The van der Waals surface area contributed by atoms with Crippen LogP contribution in [0.4, 0.5) is 0 Å². The topological polar surface area (TPSA) is 3.24 Å². The molecule has 1 nitrogen and oxygen atoms in total. The van der Waals surface area contributed by atoms with Crippen molar-refractivity contribution in [3.8, 4) is 0 Å². The van der Waals surface area contributed by atoms with Crippen LogP contribution in [0.15, 0.2) is 11.8 Å². The Morgan fingerprint density at radius 3 is 2.08 bits per heavy atom. The van der Waals surface area contributed by atoms with E-state index in [4.69, 9.17) is 0 Å². The van der Waals surface area contributed by atoms with Gasteiger partial charge >= 0.3 is 0 Å². The normalized spacial score (nSPS) is 24.6. The first-order valence-corrected chi connectivity index (χ1v) is 5.03. The summed E-state index contributed by atoms with van der Waals surface area (Å²) in [7, 11) is 0. The van der Waals surface area contributed by atoms with Gasteiger partial charge in [0.2, 0.25) is 0 Å². The van der Waals surface area contributed by atoms with Crippen LogP contribution in [0.2, 0.25) is 0 Å². The van der Waals surface area contributed by atoms with Crippen LogP contribution in [0.1, 0.15) is 33.6 Å². The molecule has 0 saturated carbocycles. The minimum Gasteiger partial charge on any atom is -0.377 e. The monoisotopic (exact) mass is 165 g/mol. The number of hydrogen-bond donors (Lipinski definition) is 0. The van der Waals surface area contributed by atoms with E-state index in [-0.39, 0.29) is 0 Å². The first-order chi connectivity index (χ1) is 5.57. The van der Waals surface area contributed by atoms with E-state index in [1.54, 1.807) is 5.57 Å². The van der Waals surface area contributed by atoms with Crippen LogP contribution >= 0.6 is 0 Å². The molecule has 68 valence electrons. The zero-order valence-corrected chi connectivity index (χ0v) is 8.43. The summed E-state index contributed by atoms with van der Waals surface area (Å²) in [5.74, 6) is 0.898.